The second kappa shape index (κ2) is 9.93. The van der Waals surface area contributed by atoms with Crippen molar-refractivity contribution in [3.05, 3.63) is 40.1 Å². The van der Waals surface area contributed by atoms with Gasteiger partial charge in [-0.2, -0.15) is 0 Å². The van der Waals surface area contributed by atoms with Crippen LogP contribution >= 0.6 is 11.3 Å². The van der Waals surface area contributed by atoms with E-state index in [1.807, 2.05) is 11.8 Å². The van der Waals surface area contributed by atoms with Gasteiger partial charge in [-0.1, -0.05) is 18.3 Å². The van der Waals surface area contributed by atoms with E-state index < -0.39 is 5.91 Å². The molecule has 0 fully saturated rings. The van der Waals surface area contributed by atoms with E-state index in [2.05, 4.69) is 15.5 Å². The maximum Gasteiger partial charge on any atom is 0.320 e. The molecule has 0 aliphatic heterocycles. The molecule has 2 rings (SSSR count). The molecule has 0 unspecified atom stereocenters. The van der Waals surface area contributed by atoms with Crippen LogP contribution in [0.1, 0.15) is 35.1 Å². The largest absolute Gasteiger partial charge is 0.465 e. The molecular formula is C17H21FN4O3S. The summed E-state index contributed by atoms with van der Waals surface area (Å²) in [6, 6.07) is 5.47. The molecule has 0 saturated heterocycles. The summed E-state index contributed by atoms with van der Waals surface area (Å²) in [4.78, 5) is 25.8. The van der Waals surface area contributed by atoms with Crippen molar-refractivity contribution in [3.63, 3.8) is 0 Å². The highest BCUT2D eigenvalue weighted by molar-refractivity contribution is 7.13. The van der Waals surface area contributed by atoms with Crippen LogP contribution in [0, 0.1) is 5.82 Å². The quantitative estimate of drug-likeness (QED) is 0.674. The first-order chi connectivity index (χ1) is 12.5. The molecular weight excluding hydrogens is 359 g/mol. The number of nitrogens with one attached hydrogen (secondary N) is 1. The molecule has 0 spiro atoms. The molecule has 0 atom stereocenters. The van der Waals surface area contributed by atoms with Crippen molar-refractivity contribution in [3.8, 4) is 0 Å². The average molecular weight is 380 g/mol. The fourth-order valence-electron chi connectivity index (χ4n) is 2.24. The lowest BCUT2D eigenvalue weighted by atomic mass is 10.3. The average Bonchev–Trinajstić information content (AvgIpc) is 3.06. The van der Waals surface area contributed by atoms with Gasteiger partial charge < -0.3 is 10.1 Å². The standard InChI is InChI=1S/C17H21FN4O3S/c1-3-9-22(11-15(23)25-4-2)10-14-20-21-17(26-14)16(24)19-13-7-5-12(18)6-8-13/h5-8H,3-4,9-11H2,1-2H3,(H,19,24). The Morgan fingerprint density at radius 1 is 1.23 bits per heavy atom. The molecule has 140 valence electrons. The highest BCUT2D eigenvalue weighted by Gasteiger charge is 2.17. The minimum absolute atomic E-state index is 0.165. The van der Waals surface area contributed by atoms with Gasteiger partial charge in [0.1, 0.15) is 10.8 Å². The lowest BCUT2D eigenvalue weighted by Gasteiger charge is -2.18. The van der Waals surface area contributed by atoms with Gasteiger partial charge in [-0.3, -0.25) is 14.5 Å². The van der Waals surface area contributed by atoms with Gasteiger partial charge in [-0.15, -0.1) is 10.2 Å². The molecule has 0 bridgehead atoms. The monoisotopic (exact) mass is 380 g/mol. The fraction of sp³-hybridized carbons (Fsp3) is 0.412. The number of esters is 1. The fourth-order valence-corrected chi connectivity index (χ4v) is 3.02. The van der Waals surface area contributed by atoms with Crippen molar-refractivity contribution < 1.29 is 18.7 Å². The number of amides is 1. The molecule has 1 N–H and O–H groups in total. The van der Waals surface area contributed by atoms with Crippen LogP contribution in [0.25, 0.3) is 0 Å². The molecule has 0 aliphatic carbocycles. The Hall–Kier alpha value is -2.39. The smallest absolute Gasteiger partial charge is 0.320 e. The van der Waals surface area contributed by atoms with Crippen LogP contribution in [0.3, 0.4) is 0 Å². The SMILES string of the molecule is CCCN(CC(=O)OCC)Cc1nnc(C(=O)Nc2ccc(F)cc2)s1. The van der Waals surface area contributed by atoms with Crippen LogP contribution in [0.15, 0.2) is 24.3 Å². The summed E-state index contributed by atoms with van der Waals surface area (Å²) in [7, 11) is 0. The Morgan fingerprint density at radius 2 is 1.96 bits per heavy atom. The molecule has 26 heavy (non-hydrogen) atoms. The molecule has 1 aromatic carbocycles. The number of aromatic nitrogens is 2. The first-order valence-electron chi connectivity index (χ1n) is 8.29. The number of halogens is 1. The van der Waals surface area contributed by atoms with Crippen molar-refractivity contribution in [2.45, 2.75) is 26.8 Å². The molecule has 9 heteroatoms. The van der Waals surface area contributed by atoms with E-state index >= 15 is 0 Å². The Balaban J connectivity index is 1.97. The minimum atomic E-state index is -0.409. The molecule has 2 aromatic rings. The third-order valence-corrected chi connectivity index (χ3v) is 4.23. The van der Waals surface area contributed by atoms with Gasteiger partial charge in [-0.05, 0) is 44.2 Å². The summed E-state index contributed by atoms with van der Waals surface area (Å²) >= 11 is 1.16. The second-order valence-corrected chi connectivity index (χ2v) is 6.54. The molecule has 1 aromatic heterocycles. The lowest BCUT2D eigenvalue weighted by Crippen LogP contribution is -2.31. The van der Waals surface area contributed by atoms with E-state index in [1.165, 1.54) is 24.3 Å². The van der Waals surface area contributed by atoms with Crippen LogP contribution in [0.2, 0.25) is 0 Å². The van der Waals surface area contributed by atoms with Crippen LogP contribution in [-0.4, -0.2) is 46.7 Å². The van der Waals surface area contributed by atoms with Gasteiger partial charge >= 0.3 is 5.97 Å². The maximum absolute atomic E-state index is 12.9. The highest BCUT2D eigenvalue weighted by atomic mass is 32.1. The third kappa shape index (κ3) is 6.16. The van der Waals surface area contributed by atoms with Crippen molar-refractivity contribution in [1.82, 2.24) is 15.1 Å². The van der Waals surface area contributed by atoms with E-state index in [0.717, 1.165) is 17.8 Å². The number of rotatable bonds is 9. The van der Waals surface area contributed by atoms with Crippen LogP contribution < -0.4 is 5.32 Å². The molecule has 0 radical (unpaired) electrons. The normalized spacial score (nSPS) is 10.8. The first kappa shape index (κ1) is 19.9. The highest BCUT2D eigenvalue weighted by Crippen LogP contribution is 2.15. The van der Waals surface area contributed by atoms with Crippen molar-refractivity contribution >= 4 is 28.9 Å². The first-order valence-corrected chi connectivity index (χ1v) is 9.10. The lowest BCUT2D eigenvalue weighted by molar-refractivity contribution is -0.144. The van der Waals surface area contributed by atoms with Gasteiger partial charge in [0.2, 0.25) is 5.01 Å². The number of carbonyl (C=O) groups is 2. The van der Waals surface area contributed by atoms with E-state index in [-0.39, 0.29) is 23.3 Å². The third-order valence-electron chi connectivity index (χ3n) is 3.32. The van der Waals surface area contributed by atoms with Gasteiger partial charge in [0.15, 0.2) is 0 Å². The number of carbonyl (C=O) groups excluding carboxylic acids is 2. The van der Waals surface area contributed by atoms with Gasteiger partial charge in [0, 0.05) is 5.69 Å². The molecule has 0 aliphatic rings. The summed E-state index contributed by atoms with van der Waals surface area (Å²) in [6.07, 6.45) is 0.871. The van der Waals surface area contributed by atoms with E-state index in [9.17, 15) is 14.0 Å². The summed E-state index contributed by atoms with van der Waals surface area (Å²) in [5, 5.41) is 11.4. The van der Waals surface area contributed by atoms with Crippen LogP contribution in [0.5, 0.6) is 0 Å². The van der Waals surface area contributed by atoms with Gasteiger partial charge in [0.05, 0.1) is 19.7 Å². The van der Waals surface area contributed by atoms with Gasteiger partial charge in [-0.25, -0.2) is 4.39 Å². The second-order valence-electron chi connectivity index (χ2n) is 5.48. The van der Waals surface area contributed by atoms with E-state index in [1.54, 1.807) is 6.92 Å². The number of anilines is 1. The molecule has 1 amide bonds. The number of nitrogens with zero attached hydrogens (tertiary/aromatic N) is 3. The van der Waals surface area contributed by atoms with Gasteiger partial charge in [0.25, 0.3) is 5.91 Å². The molecule has 0 saturated carbocycles. The summed E-state index contributed by atoms with van der Waals surface area (Å²) < 4.78 is 17.9. The zero-order valence-corrected chi connectivity index (χ0v) is 15.5. The minimum Gasteiger partial charge on any atom is -0.465 e. The summed E-state index contributed by atoms with van der Waals surface area (Å²) in [6.45, 7) is 5.39. The van der Waals surface area contributed by atoms with E-state index in [0.29, 0.717) is 30.4 Å². The number of ether oxygens (including phenoxy) is 1. The van der Waals surface area contributed by atoms with Crippen LogP contribution in [0.4, 0.5) is 10.1 Å². The Labute approximate surface area is 155 Å². The number of benzene rings is 1. The van der Waals surface area contributed by atoms with Crippen molar-refractivity contribution in [2.24, 2.45) is 0 Å². The number of hydrogen-bond acceptors (Lipinski definition) is 7. The predicted molar refractivity (Wildman–Crippen MR) is 96.5 cm³/mol. The Morgan fingerprint density at radius 3 is 2.62 bits per heavy atom. The van der Waals surface area contributed by atoms with Crippen molar-refractivity contribution in [1.29, 1.82) is 0 Å². The molecule has 1 heterocycles. The number of hydrogen-bond donors (Lipinski definition) is 1. The van der Waals surface area contributed by atoms with Crippen molar-refractivity contribution in [2.75, 3.05) is 25.0 Å². The summed E-state index contributed by atoms with van der Waals surface area (Å²) in [5.41, 5.74) is 0.475. The Kier molecular flexibility index (Phi) is 7.61. The van der Waals surface area contributed by atoms with Crippen LogP contribution in [-0.2, 0) is 16.1 Å². The Bertz CT molecular complexity index is 736. The van der Waals surface area contributed by atoms with E-state index in [4.69, 9.17) is 4.74 Å². The molecule has 7 nitrogen and oxygen atoms in total. The maximum atomic E-state index is 12.9. The zero-order chi connectivity index (χ0) is 18.9. The summed E-state index contributed by atoms with van der Waals surface area (Å²) in [5.74, 6) is -1.08. The zero-order valence-electron chi connectivity index (χ0n) is 14.7. The predicted octanol–water partition coefficient (Wildman–Crippen LogP) is 2.70. The topological polar surface area (TPSA) is 84.4 Å².